The van der Waals surface area contributed by atoms with Crippen LogP contribution in [0.3, 0.4) is 0 Å². The lowest BCUT2D eigenvalue weighted by molar-refractivity contribution is -0.123. The number of nitrogens with zero attached hydrogens (tertiary/aromatic N) is 1. The maximum Gasteiger partial charge on any atom is 0.244 e. The molecule has 0 aromatic heterocycles. The average molecular weight is 453 g/mol. The van der Waals surface area contributed by atoms with E-state index in [-0.39, 0.29) is 5.69 Å². The van der Waals surface area contributed by atoms with Gasteiger partial charge >= 0.3 is 0 Å². The van der Waals surface area contributed by atoms with Crippen molar-refractivity contribution in [3.8, 4) is 5.75 Å². The Morgan fingerprint density at radius 3 is 2.48 bits per heavy atom. The zero-order valence-corrected chi connectivity index (χ0v) is 18.9. The maximum absolute atomic E-state index is 13.7. The number of benzene rings is 2. The third-order valence-corrected chi connectivity index (χ3v) is 6.43. The van der Waals surface area contributed by atoms with Crippen molar-refractivity contribution < 1.29 is 26.7 Å². The Labute approximate surface area is 181 Å². The van der Waals surface area contributed by atoms with Crippen molar-refractivity contribution in [2.45, 2.75) is 51.8 Å². The fourth-order valence-corrected chi connectivity index (χ4v) is 4.99. The molecule has 2 aromatic carbocycles. The molecule has 6 nitrogen and oxygen atoms in total. The van der Waals surface area contributed by atoms with Gasteiger partial charge in [0, 0.05) is 18.1 Å². The Balaban J connectivity index is 1.92. The van der Waals surface area contributed by atoms with Crippen LogP contribution in [0.1, 0.15) is 44.4 Å². The summed E-state index contributed by atoms with van der Waals surface area (Å²) in [5, 5.41) is 2.91. The maximum atomic E-state index is 13.7. The molecule has 31 heavy (non-hydrogen) atoms. The van der Waals surface area contributed by atoms with E-state index >= 15 is 0 Å². The van der Waals surface area contributed by atoms with Crippen LogP contribution in [-0.4, -0.2) is 32.2 Å². The van der Waals surface area contributed by atoms with Gasteiger partial charge in [-0.15, -0.1) is 0 Å². The molecule has 1 aliphatic heterocycles. The fraction of sp³-hybridized carbons (Fsp3) is 0.409. The van der Waals surface area contributed by atoms with Gasteiger partial charge in [-0.2, -0.15) is 0 Å². The van der Waals surface area contributed by atoms with Crippen molar-refractivity contribution in [2.24, 2.45) is 0 Å². The standard InChI is InChI=1S/C22H26F2N2O4S/c1-13-6-9-20-16(10-13)19(12-22(3,4)30-20)25-21(27)14(2)26(31(5,28)29)15-7-8-17(23)18(24)11-15/h6-11,14,19H,12H2,1-5H3,(H,25,27)/t14-,19+/m1/s1. The van der Waals surface area contributed by atoms with Gasteiger partial charge in [-0.05, 0) is 45.9 Å². The number of hydrogen-bond donors (Lipinski definition) is 1. The molecule has 1 heterocycles. The molecule has 1 amide bonds. The molecule has 3 rings (SSSR count). The van der Waals surface area contributed by atoms with Gasteiger partial charge in [-0.1, -0.05) is 17.7 Å². The number of amides is 1. The van der Waals surface area contributed by atoms with Crippen molar-refractivity contribution in [3.05, 3.63) is 59.2 Å². The van der Waals surface area contributed by atoms with Crippen LogP contribution < -0.4 is 14.4 Å². The summed E-state index contributed by atoms with van der Waals surface area (Å²) in [7, 11) is -3.96. The van der Waals surface area contributed by atoms with Gasteiger partial charge in [0.1, 0.15) is 17.4 Å². The number of carbonyl (C=O) groups is 1. The third kappa shape index (κ3) is 4.98. The zero-order chi connectivity index (χ0) is 23.1. The van der Waals surface area contributed by atoms with Crippen LogP contribution in [-0.2, 0) is 14.8 Å². The molecule has 9 heteroatoms. The van der Waals surface area contributed by atoms with Gasteiger partial charge in [-0.3, -0.25) is 9.10 Å². The summed E-state index contributed by atoms with van der Waals surface area (Å²) in [5.41, 5.74) is 1.13. The molecular formula is C22H26F2N2O4S. The molecule has 1 aliphatic rings. The predicted octanol–water partition coefficient (Wildman–Crippen LogP) is 3.85. The third-order valence-electron chi connectivity index (χ3n) is 5.19. The van der Waals surface area contributed by atoms with E-state index in [2.05, 4.69) is 5.32 Å². The van der Waals surface area contributed by atoms with Crippen LogP contribution in [0.2, 0.25) is 0 Å². The molecule has 0 bridgehead atoms. The quantitative estimate of drug-likeness (QED) is 0.748. The van der Waals surface area contributed by atoms with Crippen molar-refractivity contribution in [1.82, 2.24) is 5.32 Å². The monoisotopic (exact) mass is 452 g/mol. The smallest absolute Gasteiger partial charge is 0.244 e. The number of fused-ring (bicyclic) bond motifs is 1. The zero-order valence-electron chi connectivity index (χ0n) is 18.1. The Morgan fingerprint density at radius 2 is 1.87 bits per heavy atom. The molecule has 168 valence electrons. The number of halogens is 2. The van der Waals surface area contributed by atoms with Crippen LogP contribution in [0.25, 0.3) is 0 Å². The Hall–Kier alpha value is -2.68. The second-order valence-electron chi connectivity index (χ2n) is 8.50. The van der Waals surface area contributed by atoms with Crippen LogP contribution in [0.15, 0.2) is 36.4 Å². The first kappa shape index (κ1) is 23.0. The Bertz CT molecular complexity index is 1120. The molecule has 0 aliphatic carbocycles. The SMILES string of the molecule is Cc1ccc2c(c1)[C@@H](NC(=O)[C@@H](C)N(c1ccc(F)c(F)c1)S(C)(=O)=O)CC(C)(C)O2. The van der Waals surface area contributed by atoms with E-state index < -0.39 is 45.2 Å². The van der Waals surface area contributed by atoms with E-state index in [9.17, 15) is 22.0 Å². The molecule has 2 aromatic rings. The molecule has 0 radical (unpaired) electrons. The minimum atomic E-state index is -3.96. The van der Waals surface area contributed by atoms with Gasteiger partial charge < -0.3 is 10.1 Å². The lowest BCUT2D eigenvalue weighted by atomic mass is 9.89. The van der Waals surface area contributed by atoms with Crippen LogP contribution in [0.4, 0.5) is 14.5 Å². The van der Waals surface area contributed by atoms with Gasteiger partial charge in [0.25, 0.3) is 0 Å². The van der Waals surface area contributed by atoms with Gasteiger partial charge in [-0.25, -0.2) is 17.2 Å². The summed E-state index contributed by atoms with van der Waals surface area (Å²) < 4.78 is 58.7. The fourth-order valence-electron chi connectivity index (χ4n) is 3.83. The van der Waals surface area contributed by atoms with Crippen molar-refractivity contribution in [2.75, 3.05) is 10.6 Å². The normalized spacial score (nSPS) is 18.5. The lowest BCUT2D eigenvalue weighted by Gasteiger charge is -2.39. The van der Waals surface area contributed by atoms with E-state index in [4.69, 9.17) is 4.74 Å². The highest BCUT2D eigenvalue weighted by Crippen LogP contribution is 2.40. The largest absolute Gasteiger partial charge is 0.487 e. The summed E-state index contributed by atoms with van der Waals surface area (Å²) in [4.78, 5) is 13.1. The topological polar surface area (TPSA) is 75.7 Å². The highest BCUT2D eigenvalue weighted by Gasteiger charge is 2.37. The van der Waals surface area contributed by atoms with Gasteiger partial charge in [0.2, 0.25) is 15.9 Å². The summed E-state index contributed by atoms with van der Waals surface area (Å²) in [6, 6.07) is 6.79. The van der Waals surface area contributed by atoms with Gasteiger partial charge in [0.15, 0.2) is 11.6 Å². The van der Waals surface area contributed by atoms with E-state index in [0.717, 1.165) is 39.9 Å². The summed E-state index contributed by atoms with van der Waals surface area (Å²) in [6.45, 7) is 7.14. The number of ether oxygens (including phenoxy) is 1. The van der Waals surface area contributed by atoms with E-state index in [0.29, 0.717) is 12.2 Å². The molecule has 0 saturated carbocycles. The Kier molecular flexibility index (Phi) is 6.01. The molecule has 1 N–H and O–H groups in total. The first-order valence-electron chi connectivity index (χ1n) is 9.83. The second kappa shape index (κ2) is 8.11. The summed E-state index contributed by atoms with van der Waals surface area (Å²) in [6.07, 6.45) is 1.39. The summed E-state index contributed by atoms with van der Waals surface area (Å²) in [5.74, 6) is -2.22. The second-order valence-corrected chi connectivity index (χ2v) is 10.4. The van der Waals surface area contributed by atoms with Crippen molar-refractivity contribution in [3.63, 3.8) is 0 Å². The van der Waals surface area contributed by atoms with Gasteiger partial charge in [0.05, 0.1) is 18.0 Å². The minimum absolute atomic E-state index is 0.132. The number of rotatable bonds is 5. The van der Waals surface area contributed by atoms with Crippen LogP contribution in [0.5, 0.6) is 5.75 Å². The first-order chi connectivity index (χ1) is 14.3. The number of carbonyl (C=O) groups excluding carboxylic acids is 1. The number of aryl methyl sites for hydroxylation is 1. The number of sulfonamides is 1. The number of hydrogen-bond acceptors (Lipinski definition) is 4. The summed E-state index contributed by atoms with van der Waals surface area (Å²) >= 11 is 0. The molecular weight excluding hydrogens is 426 g/mol. The molecule has 2 atom stereocenters. The predicted molar refractivity (Wildman–Crippen MR) is 115 cm³/mol. The van der Waals surface area contributed by atoms with Crippen molar-refractivity contribution in [1.29, 1.82) is 0 Å². The first-order valence-corrected chi connectivity index (χ1v) is 11.7. The van der Waals surface area contributed by atoms with Crippen LogP contribution in [0, 0.1) is 18.6 Å². The van der Waals surface area contributed by atoms with E-state index in [1.54, 1.807) is 0 Å². The minimum Gasteiger partial charge on any atom is -0.487 e. The van der Waals surface area contributed by atoms with E-state index in [1.807, 2.05) is 39.0 Å². The number of anilines is 1. The van der Waals surface area contributed by atoms with Crippen LogP contribution >= 0.6 is 0 Å². The van der Waals surface area contributed by atoms with Crippen molar-refractivity contribution >= 4 is 21.6 Å². The Morgan fingerprint density at radius 1 is 1.19 bits per heavy atom. The number of nitrogens with one attached hydrogen (secondary N) is 1. The molecule has 0 fully saturated rings. The highest BCUT2D eigenvalue weighted by atomic mass is 32.2. The highest BCUT2D eigenvalue weighted by molar-refractivity contribution is 7.92. The molecule has 0 spiro atoms. The lowest BCUT2D eigenvalue weighted by Crippen LogP contribution is -2.50. The van der Waals surface area contributed by atoms with E-state index in [1.165, 1.54) is 6.92 Å². The molecule has 0 saturated heterocycles. The molecule has 0 unspecified atom stereocenters. The average Bonchev–Trinajstić information content (AvgIpc) is 2.63.